The summed E-state index contributed by atoms with van der Waals surface area (Å²) in [6.45, 7) is 6.92. The van der Waals surface area contributed by atoms with Crippen molar-refractivity contribution in [3.8, 4) is 6.07 Å². The van der Waals surface area contributed by atoms with Crippen molar-refractivity contribution >= 4 is 23.5 Å². The van der Waals surface area contributed by atoms with Crippen molar-refractivity contribution in [3.63, 3.8) is 0 Å². The van der Waals surface area contributed by atoms with Crippen LogP contribution in [0.1, 0.15) is 86.5 Å². The molecule has 4 rings (SSSR count). The van der Waals surface area contributed by atoms with Crippen LogP contribution in [-0.2, 0) is 11.3 Å². The minimum Gasteiger partial charge on any atom is -0.327 e. The van der Waals surface area contributed by atoms with Crippen LogP contribution in [-0.4, -0.2) is 31.0 Å². The number of carbonyl (C=O) groups is 1. The molecule has 0 aliphatic heterocycles. The molecule has 0 atom stereocenters. The molecule has 2 aliphatic carbocycles. The molecule has 1 amide bonds. The fourth-order valence-corrected chi connectivity index (χ4v) is 5.34. The third-order valence-corrected chi connectivity index (χ3v) is 7.37. The van der Waals surface area contributed by atoms with E-state index in [0.717, 1.165) is 41.6 Å². The van der Waals surface area contributed by atoms with Gasteiger partial charge < -0.3 is 14.5 Å². The van der Waals surface area contributed by atoms with Gasteiger partial charge in [0.1, 0.15) is 17.7 Å². The number of carbonyl (C=O) groups excluding carboxylic acids is 1. The highest BCUT2D eigenvalue weighted by Gasteiger charge is 2.30. The fraction of sp³-hybridized carbons (Fsp3) is 0.636. The quantitative estimate of drug-likeness (QED) is 0.648. The first kappa shape index (κ1) is 21.0. The number of nitrogens with zero attached hydrogens (tertiary/aromatic N) is 5. The van der Waals surface area contributed by atoms with Crippen LogP contribution < -0.4 is 5.32 Å². The molecule has 2 aromatic heterocycles. The average molecular weight is 427 g/mol. The summed E-state index contributed by atoms with van der Waals surface area (Å²) in [6, 6.07) is 2.67. The highest BCUT2D eigenvalue weighted by molar-refractivity contribution is 7.99. The Kier molecular flexibility index (Phi) is 6.19. The number of nitrogens with one attached hydrogen (secondary N) is 1. The minimum absolute atomic E-state index is 0.107. The zero-order chi connectivity index (χ0) is 21.3. The summed E-state index contributed by atoms with van der Waals surface area (Å²) in [5.74, 6) is 2.39. The Balaban J connectivity index is 1.50. The van der Waals surface area contributed by atoms with Gasteiger partial charge in [-0.15, -0.1) is 10.2 Å². The highest BCUT2D eigenvalue weighted by atomic mass is 32.2. The topological polar surface area (TPSA) is 88.5 Å². The summed E-state index contributed by atoms with van der Waals surface area (Å²) in [6.07, 6.45) is 8.21. The van der Waals surface area contributed by atoms with Gasteiger partial charge in [-0.3, -0.25) is 4.79 Å². The Morgan fingerprint density at radius 3 is 2.57 bits per heavy atom. The second kappa shape index (κ2) is 8.84. The largest absolute Gasteiger partial charge is 0.327 e. The second-order valence-corrected chi connectivity index (χ2v) is 9.35. The van der Waals surface area contributed by atoms with Crippen LogP contribution >= 0.6 is 11.8 Å². The highest BCUT2D eigenvalue weighted by Crippen LogP contribution is 2.40. The van der Waals surface area contributed by atoms with E-state index >= 15 is 0 Å². The molecule has 0 spiro atoms. The van der Waals surface area contributed by atoms with Gasteiger partial charge in [0.15, 0.2) is 5.16 Å². The molecule has 0 unspecified atom stereocenters. The van der Waals surface area contributed by atoms with Crippen LogP contribution in [0.3, 0.4) is 0 Å². The molecule has 7 nitrogen and oxygen atoms in total. The lowest BCUT2D eigenvalue weighted by molar-refractivity contribution is -0.113. The van der Waals surface area contributed by atoms with E-state index in [1.165, 1.54) is 43.9 Å². The number of hydrogen-bond donors (Lipinski definition) is 1. The van der Waals surface area contributed by atoms with E-state index in [-0.39, 0.29) is 11.7 Å². The van der Waals surface area contributed by atoms with Gasteiger partial charge in [0.2, 0.25) is 5.91 Å². The van der Waals surface area contributed by atoms with Crippen LogP contribution in [0.2, 0.25) is 0 Å². The summed E-state index contributed by atoms with van der Waals surface area (Å²) < 4.78 is 4.32. The number of anilines is 1. The van der Waals surface area contributed by atoms with Crippen LogP contribution in [0.15, 0.2) is 5.16 Å². The molecule has 0 saturated heterocycles. The summed E-state index contributed by atoms with van der Waals surface area (Å²) in [4.78, 5) is 12.9. The number of amides is 1. The van der Waals surface area contributed by atoms with Crippen molar-refractivity contribution in [3.05, 3.63) is 22.6 Å². The minimum atomic E-state index is -0.107. The first-order valence-electron chi connectivity index (χ1n) is 11.0. The van der Waals surface area contributed by atoms with Crippen LogP contribution in [0.25, 0.3) is 0 Å². The molecule has 0 radical (unpaired) electrons. The van der Waals surface area contributed by atoms with Crippen LogP contribution in [0, 0.1) is 25.2 Å². The maximum absolute atomic E-state index is 12.9. The van der Waals surface area contributed by atoms with E-state index in [9.17, 15) is 10.1 Å². The normalized spacial score (nSPS) is 17.1. The predicted molar refractivity (Wildman–Crippen MR) is 118 cm³/mol. The first-order chi connectivity index (χ1) is 14.5. The zero-order valence-electron chi connectivity index (χ0n) is 18.1. The number of rotatable bonds is 7. The van der Waals surface area contributed by atoms with Crippen molar-refractivity contribution in [1.29, 1.82) is 5.26 Å². The first-order valence-corrected chi connectivity index (χ1v) is 12.0. The van der Waals surface area contributed by atoms with E-state index in [1.54, 1.807) is 0 Å². The Labute approximate surface area is 182 Å². The summed E-state index contributed by atoms with van der Waals surface area (Å²) >= 11 is 1.42. The Morgan fingerprint density at radius 2 is 1.93 bits per heavy atom. The number of thioether (sulfide) groups is 1. The number of hydrogen-bond acceptors (Lipinski definition) is 5. The van der Waals surface area contributed by atoms with Gasteiger partial charge in [-0.1, -0.05) is 31.0 Å². The molecule has 0 aromatic carbocycles. The van der Waals surface area contributed by atoms with Gasteiger partial charge in [0.05, 0.1) is 11.3 Å². The van der Waals surface area contributed by atoms with E-state index in [4.69, 9.17) is 0 Å². The van der Waals surface area contributed by atoms with Crippen molar-refractivity contribution in [2.45, 2.75) is 89.4 Å². The van der Waals surface area contributed by atoms with Crippen molar-refractivity contribution in [2.24, 2.45) is 0 Å². The van der Waals surface area contributed by atoms with Crippen molar-refractivity contribution < 1.29 is 4.79 Å². The third-order valence-electron chi connectivity index (χ3n) is 6.40. The Morgan fingerprint density at radius 1 is 1.20 bits per heavy atom. The maximum Gasteiger partial charge on any atom is 0.235 e. The molecule has 1 N–H and O–H groups in total. The molecule has 30 heavy (non-hydrogen) atoms. The molecule has 2 aliphatic rings. The van der Waals surface area contributed by atoms with Gasteiger partial charge in [-0.25, -0.2) is 0 Å². The van der Waals surface area contributed by atoms with Gasteiger partial charge in [0, 0.05) is 24.2 Å². The van der Waals surface area contributed by atoms with Crippen LogP contribution in [0.5, 0.6) is 0 Å². The third kappa shape index (κ3) is 4.00. The van der Waals surface area contributed by atoms with E-state index in [2.05, 4.69) is 44.6 Å². The van der Waals surface area contributed by atoms with Crippen LogP contribution in [0.4, 0.5) is 5.82 Å². The molecule has 0 bridgehead atoms. The van der Waals surface area contributed by atoms with Gasteiger partial charge in [-0.05, 0) is 52.0 Å². The molecular weight excluding hydrogens is 396 g/mol. The summed E-state index contributed by atoms with van der Waals surface area (Å²) in [7, 11) is 0. The molecule has 2 heterocycles. The smallest absolute Gasteiger partial charge is 0.235 e. The van der Waals surface area contributed by atoms with E-state index in [1.807, 2.05) is 6.92 Å². The average Bonchev–Trinajstić information content (AvgIpc) is 3.47. The fourth-order valence-electron chi connectivity index (χ4n) is 4.53. The Bertz CT molecular complexity index is 975. The van der Waals surface area contributed by atoms with Gasteiger partial charge in [-0.2, -0.15) is 5.26 Å². The molecule has 2 aromatic rings. The lowest BCUT2D eigenvalue weighted by Gasteiger charge is -2.27. The molecule has 8 heteroatoms. The predicted octanol–water partition coefficient (Wildman–Crippen LogP) is 4.70. The second-order valence-electron chi connectivity index (χ2n) is 8.40. The molecule has 2 saturated carbocycles. The van der Waals surface area contributed by atoms with Crippen molar-refractivity contribution in [1.82, 2.24) is 19.3 Å². The zero-order valence-corrected chi connectivity index (χ0v) is 18.9. The van der Waals surface area contributed by atoms with Crippen molar-refractivity contribution in [2.75, 3.05) is 11.1 Å². The van der Waals surface area contributed by atoms with Gasteiger partial charge in [0.25, 0.3) is 0 Å². The lowest BCUT2D eigenvalue weighted by Crippen LogP contribution is -2.22. The Hall–Kier alpha value is -2.27. The lowest BCUT2D eigenvalue weighted by atomic mass is 9.95. The summed E-state index contributed by atoms with van der Waals surface area (Å²) in [5, 5.41) is 22.3. The number of nitriles is 1. The molecular formula is C22H30N6OS. The van der Waals surface area contributed by atoms with E-state index < -0.39 is 0 Å². The monoisotopic (exact) mass is 426 g/mol. The molecule has 160 valence electrons. The van der Waals surface area contributed by atoms with Gasteiger partial charge >= 0.3 is 0 Å². The standard InChI is InChI=1S/C22H30N6OS/c1-4-27-20(16-10-11-16)25-26-22(27)30-13-19(29)24-21-18(12-23)14(2)15(3)28(21)17-8-6-5-7-9-17/h16-17H,4-11,13H2,1-3H3,(H,24,29). The molecule has 2 fully saturated rings. The maximum atomic E-state index is 12.9. The SMILES string of the molecule is CCn1c(SCC(=O)Nc2c(C#N)c(C)c(C)n2C2CCCCC2)nnc1C1CC1. The summed E-state index contributed by atoms with van der Waals surface area (Å²) in [5.41, 5.74) is 2.64. The number of aromatic nitrogens is 4. The van der Waals surface area contributed by atoms with E-state index in [0.29, 0.717) is 23.3 Å².